The predicted molar refractivity (Wildman–Crippen MR) is 126 cm³/mol. The predicted octanol–water partition coefficient (Wildman–Crippen LogP) is 5.57. The minimum Gasteiger partial charge on any atom is -0.350 e. The molecule has 1 heterocycles. The average molecular weight is 411 g/mol. The molecule has 0 fully saturated rings. The first kappa shape index (κ1) is 20.6. The number of nitrogens with one attached hydrogen (secondary N) is 1. The minimum atomic E-state index is -0.340. The Labute approximate surface area is 183 Å². The van der Waals surface area contributed by atoms with Crippen molar-refractivity contribution in [1.82, 2.24) is 0 Å². The van der Waals surface area contributed by atoms with Gasteiger partial charge >= 0.3 is 0 Å². The molecule has 4 rings (SSSR count). The molecule has 3 aromatic rings. The molecular formula is C27H26N2O2. The Morgan fingerprint density at radius 3 is 2.16 bits per heavy atom. The number of anilines is 2. The Hall–Kier alpha value is -3.66. The molecule has 31 heavy (non-hydrogen) atoms. The SMILES string of the molecule is CCc1ccc(N2C(=O)C(Nc3ccccc3C)=C(c3ccc(C)cc3C)C2=O)cc1. The summed E-state index contributed by atoms with van der Waals surface area (Å²) in [5.74, 6) is -0.648. The first-order valence-corrected chi connectivity index (χ1v) is 10.5. The smallest absolute Gasteiger partial charge is 0.282 e. The molecule has 0 aromatic heterocycles. The van der Waals surface area contributed by atoms with Gasteiger partial charge in [-0.25, -0.2) is 4.90 Å². The molecule has 0 aliphatic carbocycles. The van der Waals surface area contributed by atoms with Gasteiger partial charge in [-0.15, -0.1) is 0 Å². The Balaban J connectivity index is 1.85. The van der Waals surface area contributed by atoms with Gasteiger partial charge in [0.15, 0.2) is 0 Å². The number of para-hydroxylation sites is 1. The number of hydrogen-bond donors (Lipinski definition) is 1. The first-order chi connectivity index (χ1) is 14.9. The van der Waals surface area contributed by atoms with E-state index in [1.807, 2.05) is 87.5 Å². The van der Waals surface area contributed by atoms with E-state index >= 15 is 0 Å². The van der Waals surface area contributed by atoms with Crippen molar-refractivity contribution < 1.29 is 9.59 Å². The van der Waals surface area contributed by atoms with Crippen LogP contribution in [0.1, 0.15) is 34.7 Å². The van der Waals surface area contributed by atoms with Crippen LogP contribution in [0.2, 0.25) is 0 Å². The molecule has 2 amide bonds. The molecule has 4 nitrogen and oxygen atoms in total. The molecule has 1 N–H and O–H groups in total. The first-order valence-electron chi connectivity index (χ1n) is 10.5. The Kier molecular flexibility index (Phi) is 5.47. The van der Waals surface area contributed by atoms with Crippen molar-refractivity contribution in [3.05, 3.63) is 100 Å². The molecule has 0 unspecified atom stereocenters. The molecule has 4 heteroatoms. The third kappa shape index (κ3) is 3.77. The molecule has 1 aliphatic rings. The zero-order chi connectivity index (χ0) is 22.1. The fourth-order valence-corrected chi connectivity index (χ4v) is 3.95. The van der Waals surface area contributed by atoms with E-state index in [1.54, 1.807) is 0 Å². The molecule has 0 atom stereocenters. The molecule has 0 radical (unpaired) electrons. The maximum absolute atomic E-state index is 13.6. The summed E-state index contributed by atoms with van der Waals surface area (Å²) in [4.78, 5) is 28.4. The quantitative estimate of drug-likeness (QED) is 0.559. The van der Waals surface area contributed by atoms with Crippen LogP contribution >= 0.6 is 0 Å². The van der Waals surface area contributed by atoms with Gasteiger partial charge in [0.25, 0.3) is 11.8 Å². The lowest BCUT2D eigenvalue weighted by atomic mass is 9.97. The zero-order valence-electron chi connectivity index (χ0n) is 18.3. The normalized spacial score (nSPS) is 13.9. The Morgan fingerprint density at radius 1 is 0.806 bits per heavy atom. The van der Waals surface area contributed by atoms with Crippen LogP contribution in [0.5, 0.6) is 0 Å². The highest BCUT2D eigenvalue weighted by molar-refractivity contribution is 6.46. The number of amides is 2. The molecule has 0 bridgehead atoms. The van der Waals surface area contributed by atoms with Crippen LogP contribution in [-0.2, 0) is 16.0 Å². The van der Waals surface area contributed by atoms with E-state index in [9.17, 15) is 9.59 Å². The summed E-state index contributed by atoms with van der Waals surface area (Å²) in [5, 5.41) is 3.27. The molecule has 0 saturated carbocycles. The van der Waals surface area contributed by atoms with Gasteiger partial charge < -0.3 is 5.32 Å². The fourth-order valence-electron chi connectivity index (χ4n) is 3.95. The van der Waals surface area contributed by atoms with Crippen molar-refractivity contribution >= 4 is 28.8 Å². The van der Waals surface area contributed by atoms with E-state index in [-0.39, 0.29) is 11.8 Å². The van der Waals surface area contributed by atoms with Gasteiger partial charge in [0.2, 0.25) is 0 Å². The van der Waals surface area contributed by atoms with Crippen molar-refractivity contribution in [2.24, 2.45) is 0 Å². The summed E-state index contributed by atoms with van der Waals surface area (Å²) >= 11 is 0. The number of rotatable bonds is 5. The van der Waals surface area contributed by atoms with Crippen LogP contribution in [0, 0.1) is 20.8 Å². The number of carbonyl (C=O) groups is 2. The second kappa shape index (κ2) is 8.23. The number of nitrogens with zero attached hydrogens (tertiary/aromatic N) is 1. The maximum atomic E-state index is 13.6. The minimum absolute atomic E-state index is 0.308. The van der Waals surface area contributed by atoms with E-state index in [0.29, 0.717) is 17.0 Å². The highest BCUT2D eigenvalue weighted by Gasteiger charge is 2.40. The van der Waals surface area contributed by atoms with E-state index in [0.717, 1.165) is 39.9 Å². The number of hydrogen-bond acceptors (Lipinski definition) is 3. The van der Waals surface area contributed by atoms with Crippen molar-refractivity contribution in [1.29, 1.82) is 0 Å². The molecule has 1 aliphatic heterocycles. The third-order valence-electron chi connectivity index (χ3n) is 5.74. The third-order valence-corrected chi connectivity index (χ3v) is 5.74. The van der Waals surface area contributed by atoms with Crippen molar-refractivity contribution in [3.63, 3.8) is 0 Å². The molecule has 0 saturated heterocycles. The number of carbonyl (C=O) groups excluding carboxylic acids is 2. The highest BCUT2D eigenvalue weighted by Crippen LogP contribution is 2.35. The van der Waals surface area contributed by atoms with Crippen LogP contribution < -0.4 is 10.2 Å². The van der Waals surface area contributed by atoms with Gasteiger partial charge in [0.1, 0.15) is 5.70 Å². The number of benzene rings is 3. The lowest BCUT2D eigenvalue weighted by Crippen LogP contribution is -2.32. The van der Waals surface area contributed by atoms with Gasteiger partial charge in [-0.05, 0) is 67.6 Å². The van der Waals surface area contributed by atoms with Crippen LogP contribution in [0.4, 0.5) is 11.4 Å². The summed E-state index contributed by atoms with van der Waals surface area (Å²) in [5.41, 5.74) is 7.11. The lowest BCUT2D eigenvalue weighted by molar-refractivity contribution is -0.120. The van der Waals surface area contributed by atoms with Crippen LogP contribution in [0.25, 0.3) is 5.57 Å². The molecule has 0 spiro atoms. The topological polar surface area (TPSA) is 49.4 Å². The zero-order valence-corrected chi connectivity index (χ0v) is 18.3. The van der Waals surface area contributed by atoms with Crippen LogP contribution in [-0.4, -0.2) is 11.8 Å². The standard InChI is InChI=1S/C27H26N2O2/c1-5-20-11-13-21(14-12-20)29-26(30)24(22-15-10-17(2)16-19(22)4)25(27(29)31)28-23-9-7-6-8-18(23)3/h6-16,28H,5H2,1-4H3. The largest absolute Gasteiger partial charge is 0.350 e. The van der Waals surface area contributed by atoms with E-state index < -0.39 is 0 Å². The van der Waals surface area contributed by atoms with Gasteiger partial charge in [-0.1, -0.05) is 61.0 Å². The Morgan fingerprint density at radius 2 is 1.52 bits per heavy atom. The molecule has 156 valence electrons. The van der Waals surface area contributed by atoms with E-state index in [2.05, 4.69) is 12.2 Å². The average Bonchev–Trinajstić information content (AvgIpc) is 2.99. The van der Waals surface area contributed by atoms with E-state index in [1.165, 1.54) is 4.90 Å². The van der Waals surface area contributed by atoms with E-state index in [4.69, 9.17) is 0 Å². The molecular weight excluding hydrogens is 384 g/mol. The van der Waals surface area contributed by atoms with Crippen molar-refractivity contribution in [2.45, 2.75) is 34.1 Å². The van der Waals surface area contributed by atoms with Crippen LogP contribution in [0.15, 0.2) is 72.4 Å². The summed E-state index contributed by atoms with van der Waals surface area (Å²) in [7, 11) is 0. The summed E-state index contributed by atoms with van der Waals surface area (Å²) in [6.07, 6.45) is 0.897. The molecule has 3 aromatic carbocycles. The maximum Gasteiger partial charge on any atom is 0.282 e. The second-order valence-corrected chi connectivity index (χ2v) is 7.97. The Bertz CT molecular complexity index is 1210. The van der Waals surface area contributed by atoms with Crippen molar-refractivity contribution in [3.8, 4) is 0 Å². The number of aryl methyl sites for hydroxylation is 4. The summed E-state index contributed by atoms with van der Waals surface area (Å²) in [6, 6.07) is 21.3. The summed E-state index contributed by atoms with van der Waals surface area (Å²) < 4.78 is 0. The van der Waals surface area contributed by atoms with Gasteiger partial charge in [0.05, 0.1) is 11.3 Å². The van der Waals surface area contributed by atoms with Gasteiger partial charge in [-0.2, -0.15) is 0 Å². The van der Waals surface area contributed by atoms with Gasteiger partial charge in [-0.3, -0.25) is 9.59 Å². The summed E-state index contributed by atoms with van der Waals surface area (Å²) in [6.45, 7) is 8.03. The van der Waals surface area contributed by atoms with Crippen LogP contribution in [0.3, 0.4) is 0 Å². The van der Waals surface area contributed by atoms with Gasteiger partial charge in [0, 0.05) is 5.69 Å². The fraction of sp³-hybridized carbons (Fsp3) is 0.185. The second-order valence-electron chi connectivity index (χ2n) is 7.97. The number of imide groups is 1. The monoisotopic (exact) mass is 410 g/mol. The lowest BCUT2D eigenvalue weighted by Gasteiger charge is -2.16. The van der Waals surface area contributed by atoms with Crippen molar-refractivity contribution in [2.75, 3.05) is 10.2 Å². The highest BCUT2D eigenvalue weighted by atomic mass is 16.2.